The molecule has 2 rings (SSSR count). The zero-order valence-electron chi connectivity index (χ0n) is 11.0. The highest BCUT2D eigenvalue weighted by atomic mass is 79.9. The van der Waals surface area contributed by atoms with Crippen LogP contribution in [-0.4, -0.2) is 23.5 Å². The van der Waals surface area contributed by atoms with Crippen molar-refractivity contribution in [1.29, 1.82) is 0 Å². The third-order valence-electron chi connectivity index (χ3n) is 2.99. The number of pyridine rings is 1. The topological polar surface area (TPSA) is 42.2 Å². The molecule has 1 aromatic carbocycles. The average Bonchev–Trinajstić information content (AvgIpc) is 2.41. The lowest BCUT2D eigenvalue weighted by molar-refractivity contribution is 0.329. The molecular weight excluding hydrogens is 302 g/mol. The third-order valence-corrected chi connectivity index (χ3v) is 3.73. The van der Waals surface area contributed by atoms with Crippen molar-refractivity contribution in [2.45, 2.75) is 13.0 Å². The minimum atomic E-state index is 0.784. The molecular formula is C15H18BrN3. The average molecular weight is 320 g/mol. The van der Waals surface area contributed by atoms with Crippen LogP contribution in [0, 0.1) is 0 Å². The van der Waals surface area contributed by atoms with Gasteiger partial charge < -0.3 is 10.6 Å². The van der Waals surface area contributed by atoms with E-state index in [-0.39, 0.29) is 0 Å². The van der Waals surface area contributed by atoms with Crippen molar-refractivity contribution in [1.82, 2.24) is 9.88 Å². The van der Waals surface area contributed by atoms with Crippen molar-refractivity contribution in [3.63, 3.8) is 0 Å². The van der Waals surface area contributed by atoms with Crippen molar-refractivity contribution in [3.8, 4) is 0 Å². The van der Waals surface area contributed by atoms with Gasteiger partial charge >= 0.3 is 0 Å². The first kappa shape index (κ1) is 14.0. The quantitative estimate of drug-likeness (QED) is 0.861. The van der Waals surface area contributed by atoms with Crippen molar-refractivity contribution in [2.24, 2.45) is 0 Å². The second kappa shape index (κ2) is 6.68. The van der Waals surface area contributed by atoms with Crippen LogP contribution in [0.3, 0.4) is 0 Å². The van der Waals surface area contributed by atoms with E-state index in [4.69, 9.17) is 5.73 Å². The molecule has 1 heterocycles. The molecule has 0 aliphatic rings. The van der Waals surface area contributed by atoms with Gasteiger partial charge in [0.25, 0.3) is 0 Å². The Morgan fingerprint density at radius 2 is 2.11 bits per heavy atom. The van der Waals surface area contributed by atoms with Crippen molar-refractivity contribution < 1.29 is 0 Å². The maximum absolute atomic E-state index is 5.74. The van der Waals surface area contributed by atoms with E-state index < -0.39 is 0 Å². The molecule has 0 aliphatic heterocycles. The van der Waals surface area contributed by atoms with Gasteiger partial charge in [-0.3, -0.25) is 4.98 Å². The Balaban J connectivity index is 1.89. The molecule has 0 aliphatic carbocycles. The lowest BCUT2D eigenvalue weighted by Crippen LogP contribution is -2.21. The number of hydrogen-bond acceptors (Lipinski definition) is 3. The van der Waals surface area contributed by atoms with E-state index in [0.717, 1.165) is 35.4 Å². The largest absolute Gasteiger partial charge is 0.399 e. The molecule has 0 amide bonds. The predicted octanol–water partition coefficient (Wildman–Crippen LogP) is 3.10. The maximum atomic E-state index is 5.74. The summed E-state index contributed by atoms with van der Waals surface area (Å²) in [6.45, 7) is 1.88. The predicted molar refractivity (Wildman–Crippen MR) is 82.8 cm³/mol. The van der Waals surface area contributed by atoms with E-state index in [1.807, 2.05) is 30.5 Å². The van der Waals surface area contributed by atoms with Crippen LogP contribution < -0.4 is 5.73 Å². The van der Waals surface area contributed by atoms with E-state index in [0.29, 0.717) is 0 Å². The fourth-order valence-electron chi connectivity index (χ4n) is 1.91. The van der Waals surface area contributed by atoms with Gasteiger partial charge in [0.15, 0.2) is 0 Å². The highest BCUT2D eigenvalue weighted by Gasteiger charge is 2.05. The van der Waals surface area contributed by atoms with Crippen LogP contribution in [0.5, 0.6) is 0 Å². The second-order valence-electron chi connectivity index (χ2n) is 4.66. The number of nitrogens with two attached hydrogens (primary N) is 1. The maximum Gasteiger partial charge on any atom is 0.0416 e. The van der Waals surface area contributed by atoms with Gasteiger partial charge in [0.2, 0.25) is 0 Å². The molecule has 0 saturated heterocycles. The van der Waals surface area contributed by atoms with Crippen molar-refractivity contribution >= 4 is 21.6 Å². The number of halogens is 1. The van der Waals surface area contributed by atoms with Crippen molar-refractivity contribution in [3.05, 3.63) is 58.3 Å². The summed E-state index contributed by atoms with van der Waals surface area (Å²) in [5, 5.41) is 0. The van der Waals surface area contributed by atoms with Crippen LogP contribution in [0.4, 0.5) is 5.69 Å². The zero-order valence-corrected chi connectivity index (χ0v) is 12.6. The number of likely N-dealkylation sites (N-methyl/N-ethyl adjacent to an activating group) is 1. The summed E-state index contributed by atoms with van der Waals surface area (Å²) >= 11 is 3.55. The van der Waals surface area contributed by atoms with Gasteiger partial charge in [-0.1, -0.05) is 28.1 Å². The Morgan fingerprint density at radius 3 is 2.79 bits per heavy atom. The van der Waals surface area contributed by atoms with Crippen LogP contribution in [0.25, 0.3) is 0 Å². The van der Waals surface area contributed by atoms with Gasteiger partial charge in [-0.05, 0) is 36.9 Å². The van der Waals surface area contributed by atoms with E-state index in [1.54, 1.807) is 0 Å². The highest BCUT2D eigenvalue weighted by Crippen LogP contribution is 2.21. The molecule has 4 heteroatoms. The molecule has 0 atom stereocenters. The Morgan fingerprint density at radius 1 is 1.26 bits per heavy atom. The van der Waals surface area contributed by atoms with E-state index in [9.17, 15) is 0 Å². The standard InChI is InChI=1S/C15H18BrN3/c1-19(9-7-14-4-2-3-8-18-14)11-12-5-6-13(17)10-15(12)16/h2-6,8,10H,7,9,11,17H2,1H3. The first-order chi connectivity index (χ1) is 9.15. The molecule has 3 nitrogen and oxygen atoms in total. The molecule has 0 bridgehead atoms. The van der Waals surface area contributed by atoms with E-state index >= 15 is 0 Å². The second-order valence-corrected chi connectivity index (χ2v) is 5.51. The molecule has 19 heavy (non-hydrogen) atoms. The first-order valence-corrected chi connectivity index (χ1v) is 7.07. The summed E-state index contributed by atoms with van der Waals surface area (Å²) in [7, 11) is 2.12. The molecule has 0 fully saturated rings. The molecule has 0 spiro atoms. The molecule has 0 saturated carbocycles. The molecule has 1 aromatic heterocycles. The van der Waals surface area contributed by atoms with Gasteiger partial charge in [0, 0.05) is 41.6 Å². The first-order valence-electron chi connectivity index (χ1n) is 6.27. The van der Waals surface area contributed by atoms with Crippen LogP contribution in [-0.2, 0) is 13.0 Å². The number of nitrogen functional groups attached to an aromatic ring is 1. The minimum absolute atomic E-state index is 0.784. The Bertz CT molecular complexity index is 528. The Labute approximate surface area is 122 Å². The monoisotopic (exact) mass is 319 g/mol. The molecule has 0 radical (unpaired) electrons. The van der Waals surface area contributed by atoms with Crippen LogP contribution >= 0.6 is 15.9 Å². The normalized spacial score (nSPS) is 10.9. The van der Waals surface area contributed by atoms with Crippen LogP contribution in [0.1, 0.15) is 11.3 Å². The lowest BCUT2D eigenvalue weighted by atomic mass is 10.2. The number of anilines is 1. The van der Waals surface area contributed by atoms with Gasteiger partial charge in [0.05, 0.1) is 0 Å². The van der Waals surface area contributed by atoms with Gasteiger partial charge in [0.1, 0.15) is 0 Å². The van der Waals surface area contributed by atoms with Gasteiger partial charge in [-0.25, -0.2) is 0 Å². The Hall–Kier alpha value is -1.39. The summed E-state index contributed by atoms with van der Waals surface area (Å²) in [6.07, 6.45) is 2.80. The van der Waals surface area contributed by atoms with Gasteiger partial charge in [-0.15, -0.1) is 0 Å². The smallest absolute Gasteiger partial charge is 0.0416 e. The third kappa shape index (κ3) is 4.33. The SMILES string of the molecule is CN(CCc1ccccn1)Cc1ccc(N)cc1Br. The Kier molecular flexibility index (Phi) is 4.93. The summed E-state index contributed by atoms with van der Waals surface area (Å²) < 4.78 is 1.07. The summed E-state index contributed by atoms with van der Waals surface area (Å²) in [5.41, 5.74) is 8.90. The lowest BCUT2D eigenvalue weighted by Gasteiger charge is -2.17. The summed E-state index contributed by atoms with van der Waals surface area (Å²) in [4.78, 5) is 6.62. The summed E-state index contributed by atoms with van der Waals surface area (Å²) in [6, 6.07) is 12.0. The van der Waals surface area contributed by atoms with E-state index in [2.05, 4.69) is 45.0 Å². The molecule has 2 aromatic rings. The highest BCUT2D eigenvalue weighted by molar-refractivity contribution is 9.10. The fraction of sp³-hybridized carbons (Fsp3) is 0.267. The minimum Gasteiger partial charge on any atom is -0.399 e. The molecule has 100 valence electrons. The number of nitrogens with zero attached hydrogens (tertiary/aromatic N) is 2. The zero-order chi connectivity index (χ0) is 13.7. The number of benzene rings is 1. The summed E-state index contributed by atoms with van der Waals surface area (Å²) in [5.74, 6) is 0. The number of hydrogen-bond donors (Lipinski definition) is 1. The number of rotatable bonds is 5. The van der Waals surface area contributed by atoms with Crippen LogP contribution in [0.2, 0.25) is 0 Å². The van der Waals surface area contributed by atoms with Gasteiger partial charge in [-0.2, -0.15) is 0 Å². The van der Waals surface area contributed by atoms with Crippen LogP contribution in [0.15, 0.2) is 47.1 Å². The number of aromatic nitrogens is 1. The molecule has 2 N–H and O–H groups in total. The van der Waals surface area contributed by atoms with E-state index in [1.165, 1.54) is 5.56 Å². The van der Waals surface area contributed by atoms with Crippen molar-refractivity contribution in [2.75, 3.05) is 19.3 Å². The molecule has 0 unspecified atom stereocenters. The fourth-order valence-corrected chi connectivity index (χ4v) is 2.43.